The van der Waals surface area contributed by atoms with Crippen LogP contribution in [0.4, 0.5) is 20.2 Å². The normalized spacial score (nSPS) is 11.2. The second-order valence-electron chi connectivity index (χ2n) is 5.52. The number of halogens is 2. The Balaban J connectivity index is 2.64. The number of hydrogen-bond acceptors (Lipinski definition) is 7. The quantitative estimate of drug-likeness (QED) is 0.478. The Morgan fingerprint density at radius 3 is 2.45 bits per heavy atom. The second-order valence-corrected chi connectivity index (χ2v) is 7.14. The number of sulfonamides is 1. The van der Waals surface area contributed by atoms with Crippen LogP contribution in [0.3, 0.4) is 0 Å². The van der Waals surface area contributed by atoms with Crippen LogP contribution in [0.15, 0.2) is 35.2 Å². The van der Waals surface area contributed by atoms with Gasteiger partial charge >= 0.3 is 12.6 Å². The monoisotopic (exact) mass is 432 g/mol. The van der Waals surface area contributed by atoms with Crippen molar-refractivity contribution in [1.29, 1.82) is 0 Å². The number of nitrogens with one attached hydrogen (secondary N) is 1. The van der Waals surface area contributed by atoms with Crippen LogP contribution in [0.5, 0.6) is 11.5 Å². The number of rotatable bonds is 8. The summed E-state index contributed by atoms with van der Waals surface area (Å²) in [6.07, 6.45) is 0. The van der Waals surface area contributed by atoms with Gasteiger partial charge in [-0.3, -0.25) is 14.8 Å². The average Bonchev–Trinajstić information content (AvgIpc) is 2.61. The molecule has 0 atom stereocenters. The lowest BCUT2D eigenvalue weighted by atomic mass is 10.1. The number of nitro groups is 1. The van der Waals surface area contributed by atoms with Crippen LogP contribution < -0.4 is 14.2 Å². The van der Waals surface area contributed by atoms with E-state index in [1.807, 2.05) is 4.72 Å². The highest BCUT2D eigenvalue weighted by atomic mass is 32.2. The molecule has 2 N–H and O–H groups in total. The van der Waals surface area contributed by atoms with Crippen LogP contribution in [0.25, 0.3) is 0 Å². The molecule has 10 nitrogen and oxygen atoms in total. The third kappa shape index (κ3) is 4.68. The first-order valence-corrected chi connectivity index (χ1v) is 9.13. The predicted octanol–water partition coefficient (Wildman–Crippen LogP) is 3.01. The van der Waals surface area contributed by atoms with Crippen LogP contribution in [-0.4, -0.2) is 38.1 Å². The molecule has 2 aromatic rings. The minimum Gasteiger partial charge on any atom is -0.493 e. The summed E-state index contributed by atoms with van der Waals surface area (Å²) in [5, 5.41) is 20.5. The van der Waals surface area contributed by atoms with Crippen molar-refractivity contribution in [2.24, 2.45) is 0 Å². The molecule has 0 radical (unpaired) electrons. The van der Waals surface area contributed by atoms with E-state index in [4.69, 9.17) is 4.74 Å². The van der Waals surface area contributed by atoms with Crippen molar-refractivity contribution < 1.29 is 41.5 Å². The first-order valence-electron chi connectivity index (χ1n) is 7.65. The standard InChI is InChI=1S/C16H14F2N2O8S/c1-8-4-3-5-11(20(23)24)14(8)29(25,26)19-10-7-12(27-2)13(28-16(17)18)6-9(10)15(21)22/h3-7,16,19H,1-2H3,(H,21,22). The number of carboxylic acid groups (broad SMARTS) is 1. The summed E-state index contributed by atoms with van der Waals surface area (Å²) in [5.41, 5.74) is -1.98. The lowest BCUT2D eigenvalue weighted by Crippen LogP contribution is -2.18. The molecule has 0 aliphatic heterocycles. The van der Waals surface area contributed by atoms with Gasteiger partial charge < -0.3 is 14.6 Å². The minimum atomic E-state index is -4.64. The maximum absolute atomic E-state index is 12.8. The molecule has 0 heterocycles. The number of benzene rings is 2. The van der Waals surface area contributed by atoms with Gasteiger partial charge in [-0.25, -0.2) is 13.2 Å². The largest absolute Gasteiger partial charge is 0.493 e. The summed E-state index contributed by atoms with van der Waals surface area (Å²) >= 11 is 0. The smallest absolute Gasteiger partial charge is 0.387 e. The molecule has 0 spiro atoms. The summed E-state index contributed by atoms with van der Waals surface area (Å²) < 4.78 is 61.6. The minimum absolute atomic E-state index is 0.0354. The van der Waals surface area contributed by atoms with E-state index in [0.29, 0.717) is 6.07 Å². The molecule has 29 heavy (non-hydrogen) atoms. The molecule has 0 saturated heterocycles. The predicted molar refractivity (Wildman–Crippen MR) is 95.2 cm³/mol. The Labute approximate surface area is 162 Å². The first-order chi connectivity index (χ1) is 13.5. The van der Waals surface area contributed by atoms with Crippen LogP contribution in [-0.2, 0) is 10.0 Å². The van der Waals surface area contributed by atoms with E-state index in [0.717, 1.165) is 19.2 Å². The molecule has 0 bridgehead atoms. The van der Waals surface area contributed by atoms with E-state index in [1.54, 1.807) is 0 Å². The second kappa shape index (κ2) is 8.26. The van der Waals surface area contributed by atoms with Gasteiger partial charge in [-0.15, -0.1) is 0 Å². The highest BCUT2D eigenvalue weighted by Crippen LogP contribution is 2.36. The summed E-state index contributed by atoms with van der Waals surface area (Å²) in [5.74, 6) is -2.68. The van der Waals surface area contributed by atoms with Gasteiger partial charge in [-0.2, -0.15) is 8.78 Å². The van der Waals surface area contributed by atoms with E-state index in [2.05, 4.69) is 4.74 Å². The van der Waals surface area contributed by atoms with Gasteiger partial charge in [-0.05, 0) is 12.5 Å². The molecule has 0 unspecified atom stereocenters. The lowest BCUT2D eigenvalue weighted by molar-refractivity contribution is -0.387. The van der Waals surface area contributed by atoms with E-state index in [-0.39, 0.29) is 11.3 Å². The maximum Gasteiger partial charge on any atom is 0.387 e. The number of nitrogens with zero attached hydrogens (tertiary/aromatic N) is 1. The van der Waals surface area contributed by atoms with Gasteiger partial charge in [-0.1, -0.05) is 12.1 Å². The van der Waals surface area contributed by atoms with Crippen LogP contribution in [0, 0.1) is 17.0 Å². The summed E-state index contributed by atoms with van der Waals surface area (Å²) in [4.78, 5) is 21.1. The van der Waals surface area contributed by atoms with E-state index >= 15 is 0 Å². The summed E-state index contributed by atoms with van der Waals surface area (Å²) in [6.45, 7) is -1.97. The number of ether oxygens (including phenoxy) is 2. The zero-order chi connectivity index (χ0) is 21.9. The molecule has 0 aromatic heterocycles. The number of aromatic carboxylic acids is 1. The fraction of sp³-hybridized carbons (Fsp3) is 0.188. The Hall–Kier alpha value is -3.48. The molecular formula is C16H14F2N2O8S. The number of methoxy groups -OCH3 is 1. The van der Waals surface area contributed by atoms with Gasteiger partial charge in [0, 0.05) is 18.2 Å². The number of hydrogen-bond donors (Lipinski definition) is 2. The Morgan fingerprint density at radius 2 is 1.93 bits per heavy atom. The number of carbonyl (C=O) groups is 1. The summed E-state index contributed by atoms with van der Waals surface area (Å²) in [6, 6.07) is 5.05. The Morgan fingerprint density at radius 1 is 1.28 bits per heavy atom. The molecule has 0 aliphatic rings. The number of alkyl halides is 2. The van der Waals surface area contributed by atoms with Crippen molar-refractivity contribution >= 4 is 27.4 Å². The average molecular weight is 432 g/mol. The molecule has 0 aliphatic carbocycles. The highest BCUT2D eigenvalue weighted by molar-refractivity contribution is 7.93. The van der Waals surface area contributed by atoms with Gasteiger partial charge in [0.15, 0.2) is 16.4 Å². The van der Waals surface area contributed by atoms with E-state index < -0.39 is 55.1 Å². The van der Waals surface area contributed by atoms with Crippen molar-refractivity contribution in [1.82, 2.24) is 0 Å². The third-order valence-corrected chi connectivity index (χ3v) is 5.21. The molecule has 2 aromatic carbocycles. The number of aryl methyl sites for hydroxylation is 1. The first kappa shape index (κ1) is 21.8. The van der Waals surface area contributed by atoms with Gasteiger partial charge in [0.05, 0.1) is 23.3 Å². The molecule has 0 fully saturated rings. The third-order valence-electron chi connectivity index (χ3n) is 3.65. The van der Waals surface area contributed by atoms with E-state index in [1.165, 1.54) is 19.1 Å². The fourth-order valence-electron chi connectivity index (χ4n) is 2.50. The molecule has 156 valence electrons. The summed E-state index contributed by atoms with van der Waals surface area (Å²) in [7, 11) is -3.57. The van der Waals surface area contributed by atoms with Crippen LogP contribution in [0.1, 0.15) is 15.9 Å². The number of nitro benzene ring substituents is 1. The van der Waals surface area contributed by atoms with Crippen molar-refractivity contribution in [2.75, 3.05) is 11.8 Å². The van der Waals surface area contributed by atoms with Crippen LogP contribution >= 0.6 is 0 Å². The van der Waals surface area contributed by atoms with Crippen molar-refractivity contribution in [2.45, 2.75) is 18.4 Å². The molecular weight excluding hydrogens is 418 g/mol. The van der Waals surface area contributed by atoms with Crippen molar-refractivity contribution in [3.63, 3.8) is 0 Å². The van der Waals surface area contributed by atoms with Crippen molar-refractivity contribution in [3.8, 4) is 11.5 Å². The van der Waals surface area contributed by atoms with E-state index in [9.17, 15) is 37.2 Å². The number of anilines is 1. The molecule has 0 saturated carbocycles. The SMILES string of the molecule is COc1cc(NS(=O)(=O)c2c(C)cccc2[N+](=O)[O-])c(C(=O)O)cc1OC(F)F. The van der Waals surface area contributed by atoms with Gasteiger partial charge in [0.25, 0.3) is 15.7 Å². The van der Waals surface area contributed by atoms with Crippen molar-refractivity contribution in [3.05, 3.63) is 51.6 Å². The lowest BCUT2D eigenvalue weighted by Gasteiger charge is -2.16. The molecule has 2 rings (SSSR count). The van der Waals surface area contributed by atoms with Gasteiger partial charge in [0.2, 0.25) is 0 Å². The van der Waals surface area contributed by atoms with Crippen LogP contribution in [0.2, 0.25) is 0 Å². The highest BCUT2D eigenvalue weighted by Gasteiger charge is 2.30. The fourth-order valence-corrected chi connectivity index (χ4v) is 3.97. The molecule has 0 amide bonds. The Kier molecular flexibility index (Phi) is 6.21. The zero-order valence-electron chi connectivity index (χ0n) is 14.9. The number of carboxylic acids is 1. The van der Waals surface area contributed by atoms with Gasteiger partial charge in [0.1, 0.15) is 0 Å². The Bertz CT molecular complexity index is 1070. The molecule has 13 heteroatoms. The zero-order valence-corrected chi connectivity index (χ0v) is 15.7. The maximum atomic E-state index is 12.8. The topological polar surface area (TPSA) is 145 Å².